The van der Waals surface area contributed by atoms with Crippen LogP contribution in [0.2, 0.25) is 0 Å². The summed E-state index contributed by atoms with van der Waals surface area (Å²) in [5.41, 5.74) is 0.487. The van der Waals surface area contributed by atoms with E-state index in [0.717, 1.165) is 6.26 Å². The van der Waals surface area contributed by atoms with Crippen LogP contribution in [0.4, 0.5) is 10.1 Å². The summed E-state index contributed by atoms with van der Waals surface area (Å²) in [6.07, 6.45) is -0.0329. The fraction of sp³-hybridized carbons (Fsp3) is 0.176. The van der Waals surface area contributed by atoms with Crippen LogP contribution in [0.1, 0.15) is 17.3 Å². The third-order valence-electron chi connectivity index (χ3n) is 3.28. The van der Waals surface area contributed by atoms with Gasteiger partial charge in [-0.1, -0.05) is 0 Å². The van der Waals surface area contributed by atoms with Gasteiger partial charge >= 0.3 is 5.97 Å². The number of hydrogen-bond donors (Lipinski definition) is 1. The normalized spacial score (nSPS) is 12.3. The number of hydrogen-bond acceptors (Lipinski definition) is 5. The Morgan fingerprint density at radius 2 is 1.60 bits per heavy atom. The molecule has 0 aliphatic carbocycles. The van der Waals surface area contributed by atoms with Gasteiger partial charge in [0.15, 0.2) is 15.9 Å². The van der Waals surface area contributed by atoms with E-state index in [-0.39, 0.29) is 10.5 Å². The van der Waals surface area contributed by atoms with E-state index < -0.39 is 33.6 Å². The van der Waals surface area contributed by atoms with Crippen molar-refractivity contribution >= 4 is 27.4 Å². The summed E-state index contributed by atoms with van der Waals surface area (Å²) in [6, 6.07) is 10.3. The number of nitrogens with one attached hydrogen (secondary N) is 1. The Balaban J connectivity index is 1.99. The Labute approximate surface area is 144 Å². The number of anilines is 1. The number of carbonyl (C=O) groups is 2. The van der Waals surface area contributed by atoms with Gasteiger partial charge in [0.2, 0.25) is 0 Å². The van der Waals surface area contributed by atoms with Gasteiger partial charge < -0.3 is 10.1 Å². The molecule has 8 heteroatoms. The first-order valence-electron chi connectivity index (χ1n) is 7.24. The third-order valence-corrected chi connectivity index (χ3v) is 4.41. The topological polar surface area (TPSA) is 89.5 Å². The van der Waals surface area contributed by atoms with Crippen molar-refractivity contribution in [1.82, 2.24) is 0 Å². The summed E-state index contributed by atoms with van der Waals surface area (Å²) in [5.74, 6) is -1.77. The maximum atomic E-state index is 12.8. The molecular weight excluding hydrogens is 349 g/mol. The lowest BCUT2D eigenvalue weighted by molar-refractivity contribution is -0.123. The molecule has 1 atom stereocenters. The number of benzene rings is 2. The highest BCUT2D eigenvalue weighted by Crippen LogP contribution is 2.13. The van der Waals surface area contributed by atoms with Crippen LogP contribution in [-0.4, -0.2) is 32.7 Å². The predicted molar refractivity (Wildman–Crippen MR) is 89.5 cm³/mol. The second-order valence-corrected chi connectivity index (χ2v) is 7.36. The van der Waals surface area contributed by atoms with Crippen molar-refractivity contribution in [2.24, 2.45) is 0 Å². The molecule has 132 valence electrons. The van der Waals surface area contributed by atoms with Crippen LogP contribution in [0.3, 0.4) is 0 Å². The van der Waals surface area contributed by atoms with E-state index in [0.29, 0.717) is 5.69 Å². The third kappa shape index (κ3) is 5.12. The molecule has 0 aliphatic rings. The molecule has 0 bridgehead atoms. The highest BCUT2D eigenvalue weighted by atomic mass is 32.2. The van der Waals surface area contributed by atoms with Crippen molar-refractivity contribution in [3.8, 4) is 0 Å². The van der Waals surface area contributed by atoms with Crippen molar-refractivity contribution < 1.29 is 27.1 Å². The van der Waals surface area contributed by atoms with E-state index in [1.165, 1.54) is 55.5 Å². The average Bonchev–Trinajstić information content (AvgIpc) is 2.56. The maximum Gasteiger partial charge on any atom is 0.338 e. The standard InChI is InChI=1S/C17H16FNO5S/c1-11(16(20)19-14-7-5-13(18)6-8-14)24-17(21)12-3-9-15(10-4-12)25(2,22)23/h3-11H,1-2H3,(H,19,20). The van der Waals surface area contributed by atoms with Gasteiger partial charge in [0.05, 0.1) is 10.5 Å². The molecule has 0 heterocycles. The van der Waals surface area contributed by atoms with Crippen LogP contribution in [0.5, 0.6) is 0 Å². The Morgan fingerprint density at radius 3 is 2.12 bits per heavy atom. The number of amides is 1. The van der Waals surface area contributed by atoms with Gasteiger partial charge in [0.1, 0.15) is 5.82 Å². The molecule has 2 aromatic rings. The van der Waals surface area contributed by atoms with Gasteiger partial charge in [-0.2, -0.15) is 0 Å². The average molecular weight is 365 g/mol. The highest BCUT2D eigenvalue weighted by Gasteiger charge is 2.19. The summed E-state index contributed by atoms with van der Waals surface area (Å²) in [4.78, 5) is 24.1. The lowest BCUT2D eigenvalue weighted by atomic mass is 10.2. The summed E-state index contributed by atoms with van der Waals surface area (Å²) in [5, 5.41) is 2.49. The van der Waals surface area contributed by atoms with Crippen LogP contribution in [0.25, 0.3) is 0 Å². The number of esters is 1. The number of halogens is 1. The zero-order valence-corrected chi connectivity index (χ0v) is 14.3. The molecule has 0 fully saturated rings. The molecule has 1 unspecified atom stereocenters. The zero-order chi connectivity index (χ0) is 18.6. The summed E-state index contributed by atoms with van der Waals surface area (Å²) in [7, 11) is -3.36. The minimum atomic E-state index is -3.36. The zero-order valence-electron chi connectivity index (χ0n) is 13.5. The molecule has 6 nitrogen and oxygen atoms in total. The van der Waals surface area contributed by atoms with Crippen LogP contribution < -0.4 is 5.32 Å². The molecule has 0 saturated heterocycles. The first-order valence-corrected chi connectivity index (χ1v) is 9.13. The van der Waals surface area contributed by atoms with Gasteiger partial charge in [-0.3, -0.25) is 4.79 Å². The molecule has 0 aromatic heterocycles. The van der Waals surface area contributed by atoms with Gasteiger partial charge in [0.25, 0.3) is 5.91 Å². The first kappa shape index (κ1) is 18.6. The summed E-state index contributed by atoms with van der Waals surface area (Å²) >= 11 is 0. The van der Waals surface area contributed by atoms with Crippen LogP contribution >= 0.6 is 0 Å². The van der Waals surface area contributed by atoms with E-state index in [9.17, 15) is 22.4 Å². The maximum absolute atomic E-state index is 12.8. The molecule has 0 saturated carbocycles. The Morgan fingerprint density at radius 1 is 1.04 bits per heavy atom. The quantitative estimate of drug-likeness (QED) is 0.822. The van der Waals surface area contributed by atoms with E-state index in [1.54, 1.807) is 0 Å². The molecule has 0 spiro atoms. The Bertz CT molecular complexity index is 876. The van der Waals surface area contributed by atoms with E-state index in [1.807, 2.05) is 0 Å². The van der Waals surface area contributed by atoms with E-state index in [4.69, 9.17) is 4.74 Å². The SMILES string of the molecule is CC(OC(=O)c1ccc(S(C)(=O)=O)cc1)C(=O)Nc1ccc(F)cc1. The number of carbonyl (C=O) groups excluding carboxylic acids is 2. The van der Waals surface area contributed by atoms with Gasteiger partial charge in [-0.15, -0.1) is 0 Å². The predicted octanol–water partition coefficient (Wildman–Crippen LogP) is 2.41. The molecule has 1 amide bonds. The second kappa shape index (κ2) is 7.43. The second-order valence-electron chi connectivity index (χ2n) is 5.34. The summed E-state index contributed by atoms with van der Waals surface area (Å²) < 4.78 is 40.6. The highest BCUT2D eigenvalue weighted by molar-refractivity contribution is 7.90. The van der Waals surface area contributed by atoms with Gasteiger partial charge in [-0.25, -0.2) is 17.6 Å². The smallest absolute Gasteiger partial charge is 0.338 e. The lowest BCUT2D eigenvalue weighted by Crippen LogP contribution is -2.30. The largest absolute Gasteiger partial charge is 0.449 e. The van der Waals surface area contributed by atoms with Crippen LogP contribution in [0.15, 0.2) is 53.4 Å². The monoisotopic (exact) mass is 365 g/mol. The Hall–Kier alpha value is -2.74. The van der Waals surface area contributed by atoms with Crippen molar-refractivity contribution in [2.45, 2.75) is 17.9 Å². The summed E-state index contributed by atoms with van der Waals surface area (Å²) in [6.45, 7) is 1.39. The van der Waals surface area contributed by atoms with Crippen molar-refractivity contribution in [3.05, 3.63) is 59.9 Å². The van der Waals surface area contributed by atoms with E-state index >= 15 is 0 Å². The molecule has 2 rings (SSSR count). The number of rotatable bonds is 5. The van der Waals surface area contributed by atoms with Crippen molar-refractivity contribution in [1.29, 1.82) is 0 Å². The van der Waals surface area contributed by atoms with Crippen LogP contribution in [-0.2, 0) is 19.4 Å². The van der Waals surface area contributed by atoms with Gasteiger partial charge in [0, 0.05) is 11.9 Å². The molecule has 2 aromatic carbocycles. The first-order chi connectivity index (χ1) is 11.7. The molecule has 1 N–H and O–H groups in total. The lowest BCUT2D eigenvalue weighted by Gasteiger charge is -2.13. The van der Waals surface area contributed by atoms with Gasteiger partial charge in [-0.05, 0) is 55.5 Å². The van der Waals surface area contributed by atoms with Crippen molar-refractivity contribution in [2.75, 3.05) is 11.6 Å². The minimum Gasteiger partial charge on any atom is -0.449 e. The fourth-order valence-electron chi connectivity index (χ4n) is 1.90. The Kier molecular flexibility index (Phi) is 5.53. The molecular formula is C17H16FNO5S. The number of sulfone groups is 1. The number of ether oxygens (including phenoxy) is 1. The molecule has 25 heavy (non-hydrogen) atoms. The van der Waals surface area contributed by atoms with E-state index in [2.05, 4.69) is 5.32 Å². The van der Waals surface area contributed by atoms with Crippen molar-refractivity contribution in [3.63, 3.8) is 0 Å². The fourth-order valence-corrected chi connectivity index (χ4v) is 2.53. The molecule has 0 aliphatic heterocycles. The minimum absolute atomic E-state index is 0.0751. The molecule has 0 radical (unpaired) electrons. The van der Waals surface area contributed by atoms with Crippen LogP contribution in [0, 0.1) is 5.82 Å².